The van der Waals surface area contributed by atoms with Gasteiger partial charge in [-0.15, -0.1) is 0 Å². The van der Waals surface area contributed by atoms with E-state index in [1.54, 1.807) is 23.3 Å². The van der Waals surface area contributed by atoms with E-state index in [0.717, 1.165) is 37.8 Å². The van der Waals surface area contributed by atoms with Gasteiger partial charge in [-0.2, -0.15) is 0 Å². The van der Waals surface area contributed by atoms with Crippen LogP contribution in [0.25, 0.3) is 0 Å². The van der Waals surface area contributed by atoms with Crippen LogP contribution in [0.15, 0.2) is 54.7 Å². The summed E-state index contributed by atoms with van der Waals surface area (Å²) in [6, 6.07) is 13.9. The van der Waals surface area contributed by atoms with Crippen LogP contribution in [0.4, 0.5) is 0 Å². The summed E-state index contributed by atoms with van der Waals surface area (Å²) in [4.78, 5) is 49.1. The minimum absolute atomic E-state index is 0.144. The highest BCUT2D eigenvalue weighted by Gasteiger charge is 2.47. The molecule has 2 N–H and O–H groups in total. The Morgan fingerprint density at radius 1 is 0.906 bits per heavy atom. The van der Waals surface area contributed by atoms with Crippen molar-refractivity contribution in [3.63, 3.8) is 0 Å². The van der Waals surface area contributed by atoms with E-state index in [1.807, 2.05) is 41.3 Å². The first-order valence-corrected chi connectivity index (χ1v) is 18.8. The number of hydrogen-bond acceptors (Lipinski definition) is 9. The lowest BCUT2D eigenvalue weighted by molar-refractivity contribution is -0.149. The number of carboxylic acids is 1. The lowest BCUT2D eigenvalue weighted by Crippen LogP contribution is -2.60. The third kappa shape index (κ3) is 7.92. The van der Waals surface area contributed by atoms with Crippen molar-refractivity contribution in [2.45, 2.75) is 61.8 Å². The van der Waals surface area contributed by atoms with Crippen LogP contribution < -0.4 is 19.6 Å². The summed E-state index contributed by atoms with van der Waals surface area (Å²) in [5.41, 5.74) is 3.83. The van der Waals surface area contributed by atoms with Crippen LogP contribution in [0.3, 0.4) is 0 Å². The quantitative estimate of drug-likeness (QED) is 0.240. The topological polar surface area (TPSA) is 134 Å². The second-order valence-corrected chi connectivity index (χ2v) is 15.0. The average molecular weight is 769 g/mol. The number of carboxylic acid groups (broad SMARTS) is 1. The number of amides is 2. The third-order valence-corrected chi connectivity index (χ3v) is 12.1. The molecule has 3 aromatic rings. The summed E-state index contributed by atoms with van der Waals surface area (Å²) < 4.78 is 16.5. The molecule has 3 aliphatic rings. The van der Waals surface area contributed by atoms with Crippen LogP contribution in [0.5, 0.6) is 17.2 Å². The Bertz CT molecular complexity index is 1780. The molecule has 284 valence electrons. The van der Waals surface area contributed by atoms with Gasteiger partial charge in [0.15, 0.2) is 11.5 Å². The van der Waals surface area contributed by atoms with E-state index in [-0.39, 0.29) is 11.8 Å². The normalized spacial score (nSPS) is 21.9. The Balaban J connectivity index is 1.20. The molecule has 2 aromatic carbocycles. The van der Waals surface area contributed by atoms with Crippen molar-refractivity contribution in [3.8, 4) is 17.2 Å². The van der Waals surface area contributed by atoms with Crippen LogP contribution in [-0.2, 0) is 20.4 Å². The van der Waals surface area contributed by atoms with E-state index in [4.69, 9.17) is 37.4 Å². The van der Waals surface area contributed by atoms with Crippen LogP contribution in [0, 0.1) is 0 Å². The number of nitrogens with zero attached hydrogens (tertiary/aromatic N) is 4. The van der Waals surface area contributed by atoms with Gasteiger partial charge in [-0.25, -0.2) is 5.01 Å². The van der Waals surface area contributed by atoms with Gasteiger partial charge in [-0.1, -0.05) is 35.3 Å². The van der Waals surface area contributed by atoms with Crippen molar-refractivity contribution in [2.75, 3.05) is 60.6 Å². The number of methoxy groups -OCH3 is 3. The molecule has 14 heteroatoms. The molecule has 2 atom stereocenters. The maximum Gasteiger partial charge on any atom is 0.322 e. The summed E-state index contributed by atoms with van der Waals surface area (Å²) >= 11 is 12.9. The maximum atomic E-state index is 14.2. The van der Waals surface area contributed by atoms with Crippen molar-refractivity contribution in [2.24, 2.45) is 0 Å². The summed E-state index contributed by atoms with van der Waals surface area (Å²) in [7, 11) is 4.57. The number of nitrogens with one attached hydrogen (secondary N) is 1. The number of carbonyl (C=O) groups excluding carboxylic acids is 2. The number of piperidine rings is 2. The molecule has 53 heavy (non-hydrogen) atoms. The number of pyridine rings is 1. The van der Waals surface area contributed by atoms with Gasteiger partial charge in [-0.05, 0) is 107 Å². The number of benzene rings is 2. The van der Waals surface area contributed by atoms with Crippen molar-refractivity contribution in [3.05, 3.63) is 81.6 Å². The second kappa shape index (κ2) is 16.5. The minimum Gasteiger partial charge on any atom is -0.493 e. The highest BCUT2D eigenvalue weighted by atomic mass is 35.5. The first-order valence-electron chi connectivity index (χ1n) is 18.0. The van der Waals surface area contributed by atoms with Crippen molar-refractivity contribution < 1.29 is 33.7 Å². The van der Waals surface area contributed by atoms with E-state index >= 15 is 0 Å². The smallest absolute Gasteiger partial charge is 0.322 e. The average Bonchev–Trinajstić information content (AvgIpc) is 3.63. The minimum atomic E-state index is -0.932. The molecule has 4 heterocycles. The predicted molar refractivity (Wildman–Crippen MR) is 201 cm³/mol. The number of aromatic nitrogens is 1. The molecule has 12 nitrogen and oxygen atoms in total. The van der Waals surface area contributed by atoms with Gasteiger partial charge in [0.25, 0.3) is 5.91 Å². The Morgan fingerprint density at radius 2 is 1.64 bits per heavy atom. The van der Waals surface area contributed by atoms with Gasteiger partial charge in [0, 0.05) is 36.8 Å². The molecule has 2 amide bonds. The van der Waals surface area contributed by atoms with Gasteiger partial charge in [-0.3, -0.25) is 24.8 Å². The summed E-state index contributed by atoms with van der Waals surface area (Å²) in [5.74, 6) is -0.0627. The molecular weight excluding hydrogens is 721 g/mol. The van der Waals surface area contributed by atoms with Gasteiger partial charge >= 0.3 is 5.97 Å². The molecule has 3 saturated heterocycles. The molecule has 1 aromatic heterocycles. The van der Waals surface area contributed by atoms with Gasteiger partial charge in [0.05, 0.1) is 42.5 Å². The van der Waals surface area contributed by atoms with Gasteiger partial charge in [0.2, 0.25) is 11.7 Å². The number of hydrazine groups is 1. The fourth-order valence-corrected chi connectivity index (χ4v) is 8.48. The van der Waals surface area contributed by atoms with Crippen LogP contribution in [-0.4, -0.2) is 109 Å². The van der Waals surface area contributed by atoms with E-state index in [0.29, 0.717) is 90.5 Å². The van der Waals surface area contributed by atoms with Crippen molar-refractivity contribution in [1.82, 2.24) is 25.2 Å². The number of rotatable bonds is 12. The van der Waals surface area contributed by atoms with Crippen molar-refractivity contribution >= 4 is 41.0 Å². The lowest BCUT2D eigenvalue weighted by Gasteiger charge is -2.43. The second-order valence-electron chi connectivity index (χ2n) is 14.2. The first-order chi connectivity index (χ1) is 25.5. The summed E-state index contributed by atoms with van der Waals surface area (Å²) in [5, 5.41) is 12.4. The van der Waals surface area contributed by atoms with Gasteiger partial charge < -0.3 is 29.1 Å². The lowest BCUT2D eigenvalue weighted by atomic mass is 9.73. The Kier molecular flexibility index (Phi) is 12.0. The predicted octanol–water partition coefficient (Wildman–Crippen LogP) is 5.59. The number of halogens is 2. The molecule has 3 fully saturated rings. The zero-order valence-corrected chi connectivity index (χ0v) is 31.9. The largest absolute Gasteiger partial charge is 0.493 e. The Labute approximate surface area is 320 Å². The summed E-state index contributed by atoms with van der Waals surface area (Å²) in [6.45, 7) is 3.49. The number of likely N-dealkylation sites (tertiary alicyclic amines) is 2. The molecule has 0 bridgehead atoms. The van der Waals surface area contributed by atoms with Crippen LogP contribution in [0.2, 0.25) is 10.0 Å². The Morgan fingerprint density at radius 3 is 2.26 bits per heavy atom. The van der Waals surface area contributed by atoms with Crippen molar-refractivity contribution in [1.29, 1.82) is 0 Å². The third-order valence-electron chi connectivity index (χ3n) is 11.3. The summed E-state index contributed by atoms with van der Waals surface area (Å²) in [6.07, 6.45) is 6.32. The molecule has 0 saturated carbocycles. The standard InChI is InChI=1S/C39H47Cl2N5O7/c1-51-31-22-26(23-32(52-2)34(31)53-3)35(47)45-21-13-38(25-45,27-10-11-28(40)29(41)24-27)12-18-44-19-14-39(15-20-44,33-9-4-6-16-42-33)37(50)43-46-17-7-5-8-30(46)36(48)49/h4,6,9-11,16,22-24,30H,5,7-8,12-15,17-21,25H2,1-3H3,(H,43,50)(H,48,49). The Hall–Kier alpha value is -4.10. The fourth-order valence-electron chi connectivity index (χ4n) is 8.18. The SMILES string of the molecule is COc1cc(C(=O)N2CCC(CCN3CCC(C(=O)NN4CCCCC4C(=O)O)(c4ccccn4)CC3)(c3ccc(Cl)c(Cl)c3)C2)cc(OC)c1OC. The number of ether oxygens (including phenoxy) is 3. The number of aliphatic carboxylic acids is 1. The fraction of sp³-hybridized carbons (Fsp3) is 0.487. The molecule has 0 spiro atoms. The molecular formula is C39H47Cl2N5O7. The van der Waals surface area contributed by atoms with E-state index in [1.165, 1.54) is 21.3 Å². The maximum absolute atomic E-state index is 14.2. The first kappa shape index (κ1) is 38.6. The number of carbonyl (C=O) groups is 3. The van der Waals surface area contributed by atoms with Crippen LogP contribution in [0.1, 0.15) is 66.6 Å². The molecule has 0 aliphatic carbocycles. The highest BCUT2D eigenvalue weighted by molar-refractivity contribution is 6.42. The molecule has 3 aliphatic heterocycles. The van der Waals surface area contributed by atoms with E-state index in [9.17, 15) is 19.5 Å². The zero-order valence-electron chi connectivity index (χ0n) is 30.4. The van der Waals surface area contributed by atoms with E-state index < -0.39 is 22.8 Å². The van der Waals surface area contributed by atoms with Crippen LogP contribution >= 0.6 is 23.2 Å². The highest BCUT2D eigenvalue weighted by Crippen LogP contribution is 2.43. The monoisotopic (exact) mass is 767 g/mol. The van der Waals surface area contributed by atoms with Gasteiger partial charge in [0.1, 0.15) is 6.04 Å². The number of hydrogen-bond donors (Lipinski definition) is 2. The van der Waals surface area contributed by atoms with E-state index in [2.05, 4.69) is 15.3 Å². The molecule has 6 rings (SSSR count). The molecule has 2 unspecified atom stereocenters. The molecule has 0 radical (unpaired) electrons. The zero-order chi connectivity index (χ0) is 37.8.